The van der Waals surface area contributed by atoms with Gasteiger partial charge in [-0.2, -0.15) is 4.37 Å². The van der Waals surface area contributed by atoms with Crippen molar-refractivity contribution in [3.63, 3.8) is 0 Å². The Hall–Kier alpha value is -1.50. The fourth-order valence-electron chi connectivity index (χ4n) is 1.16. The zero-order valence-corrected chi connectivity index (χ0v) is 11.1. The number of likely N-dealkylation sites (N-methyl/N-ethyl adjacent to an activating group) is 1. The number of carbonyl (C=O) groups is 1. The van der Waals surface area contributed by atoms with Crippen molar-refractivity contribution in [3.8, 4) is 5.75 Å². The zero-order chi connectivity index (χ0) is 12.8. The highest BCUT2D eigenvalue weighted by Crippen LogP contribution is 2.34. The molecule has 0 aliphatic heterocycles. The smallest absolute Gasteiger partial charge is 0.241 e. The van der Waals surface area contributed by atoms with E-state index in [4.69, 9.17) is 10.5 Å². The minimum atomic E-state index is 0.0157. The van der Waals surface area contributed by atoms with Crippen LogP contribution in [0.1, 0.15) is 13.8 Å². The number of nitrogen functional groups attached to an aromatic ring is 1. The molecule has 7 heteroatoms. The maximum absolute atomic E-state index is 11.6. The predicted molar refractivity (Wildman–Crippen MR) is 69.5 cm³/mol. The molecule has 0 radical (unpaired) electrons. The van der Waals surface area contributed by atoms with Gasteiger partial charge in [0.25, 0.3) is 0 Å². The van der Waals surface area contributed by atoms with E-state index in [1.807, 2.05) is 13.8 Å². The van der Waals surface area contributed by atoms with E-state index in [9.17, 15) is 4.79 Å². The first-order valence-electron chi connectivity index (χ1n) is 5.45. The molecule has 0 saturated heterocycles. The third-order valence-electron chi connectivity index (χ3n) is 2.26. The molecule has 0 unspecified atom stereocenters. The standard InChI is InChI=1S/C10H18N4O2S/c1-4-14(3)7(15)6-12-10-8(16-5-2)9(11)13-17-10/h12H,4-6H2,1-3H3,(H2,11,13). The Balaban J connectivity index is 2.60. The van der Waals surface area contributed by atoms with Crippen LogP contribution in [0.5, 0.6) is 5.75 Å². The Bertz CT molecular complexity index is 380. The highest BCUT2D eigenvalue weighted by molar-refractivity contribution is 7.11. The molecule has 1 aromatic heterocycles. The van der Waals surface area contributed by atoms with Gasteiger partial charge in [0.2, 0.25) is 5.91 Å². The Morgan fingerprint density at radius 1 is 1.59 bits per heavy atom. The van der Waals surface area contributed by atoms with Gasteiger partial charge < -0.3 is 20.7 Å². The molecule has 0 fully saturated rings. The van der Waals surface area contributed by atoms with Crippen LogP contribution in [0, 0.1) is 0 Å². The van der Waals surface area contributed by atoms with E-state index in [2.05, 4.69) is 9.69 Å². The molecule has 0 aliphatic carbocycles. The second-order valence-corrected chi connectivity index (χ2v) is 4.19. The average molecular weight is 258 g/mol. The number of nitrogens with two attached hydrogens (primary N) is 1. The van der Waals surface area contributed by atoms with Gasteiger partial charge in [0.05, 0.1) is 13.2 Å². The molecule has 0 bridgehead atoms. The van der Waals surface area contributed by atoms with Gasteiger partial charge >= 0.3 is 0 Å². The number of nitrogens with zero attached hydrogens (tertiary/aromatic N) is 2. The molecule has 1 amide bonds. The summed E-state index contributed by atoms with van der Waals surface area (Å²) in [4.78, 5) is 13.2. The zero-order valence-electron chi connectivity index (χ0n) is 10.3. The lowest BCUT2D eigenvalue weighted by atomic mass is 10.4. The number of rotatable bonds is 6. The number of nitrogens with one attached hydrogen (secondary N) is 1. The van der Waals surface area contributed by atoms with Crippen LogP contribution < -0.4 is 15.8 Å². The molecule has 0 spiro atoms. The maximum Gasteiger partial charge on any atom is 0.241 e. The first-order valence-corrected chi connectivity index (χ1v) is 6.23. The summed E-state index contributed by atoms with van der Waals surface area (Å²) in [6.45, 7) is 5.21. The van der Waals surface area contributed by atoms with E-state index in [0.29, 0.717) is 29.7 Å². The van der Waals surface area contributed by atoms with Crippen molar-refractivity contribution < 1.29 is 9.53 Å². The topological polar surface area (TPSA) is 80.5 Å². The van der Waals surface area contributed by atoms with Crippen molar-refractivity contribution in [3.05, 3.63) is 0 Å². The molecule has 0 saturated carbocycles. The normalized spacial score (nSPS) is 10.1. The average Bonchev–Trinajstić information content (AvgIpc) is 2.67. The number of hydrogen-bond acceptors (Lipinski definition) is 6. The lowest BCUT2D eigenvalue weighted by Gasteiger charge is -2.15. The second-order valence-electron chi connectivity index (χ2n) is 3.42. The van der Waals surface area contributed by atoms with Crippen molar-refractivity contribution in [2.75, 3.05) is 37.8 Å². The fourth-order valence-corrected chi connectivity index (χ4v) is 1.81. The third-order valence-corrected chi connectivity index (χ3v) is 3.06. The van der Waals surface area contributed by atoms with Gasteiger partial charge in [0.15, 0.2) is 16.6 Å². The Labute approximate surface area is 105 Å². The highest BCUT2D eigenvalue weighted by atomic mass is 32.1. The van der Waals surface area contributed by atoms with E-state index in [-0.39, 0.29) is 12.5 Å². The minimum absolute atomic E-state index is 0.0157. The number of aromatic nitrogens is 1. The fraction of sp³-hybridized carbons (Fsp3) is 0.600. The van der Waals surface area contributed by atoms with Crippen molar-refractivity contribution in [1.29, 1.82) is 0 Å². The van der Waals surface area contributed by atoms with Crippen LogP contribution in [-0.2, 0) is 4.79 Å². The Morgan fingerprint density at radius 3 is 2.88 bits per heavy atom. The van der Waals surface area contributed by atoms with Gasteiger partial charge in [-0.3, -0.25) is 4.79 Å². The van der Waals surface area contributed by atoms with E-state index in [1.54, 1.807) is 11.9 Å². The van der Waals surface area contributed by atoms with E-state index in [0.717, 1.165) is 0 Å². The molecule has 3 N–H and O–H groups in total. The summed E-state index contributed by atoms with van der Waals surface area (Å²) in [5.74, 6) is 0.905. The highest BCUT2D eigenvalue weighted by Gasteiger charge is 2.14. The number of amides is 1. The number of ether oxygens (including phenoxy) is 1. The maximum atomic E-state index is 11.6. The van der Waals surface area contributed by atoms with E-state index >= 15 is 0 Å². The Morgan fingerprint density at radius 2 is 2.29 bits per heavy atom. The molecule has 17 heavy (non-hydrogen) atoms. The van der Waals surface area contributed by atoms with Gasteiger partial charge in [-0.15, -0.1) is 0 Å². The molecule has 0 atom stereocenters. The van der Waals surface area contributed by atoms with Crippen molar-refractivity contribution in [1.82, 2.24) is 9.27 Å². The quantitative estimate of drug-likeness (QED) is 0.796. The molecule has 96 valence electrons. The van der Waals surface area contributed by atoms with Crippen molar-refractivity contribution in [2.24, 2.45) is 0 Å². The van der Waals surface area contributed by atoms with Gasteiger partial charge in [-0.1, -0.05) is 0 Å². The molecule has 1 rings (SSSR count). The van der Waals surface area contributed by atoms with Crippen molar-refractivity contribution >= 4 is 28.3 Å². The summed E-state index contributed by atoms with van der Waals surface area (Å²) in [7, 11) is 1.76. The molecule has 1 heterocycles. The molecule has 0 aromatic carbocycles. The van der Waals surface area contributed by atoms with Crippen molar-refractivity contribution in [2.45, 2.75) is 13.8 Å². The first kappa shape index (κ1) is 13.6. The summed E-state index contributed by atoms with van der Waals surface area (Å²) in [6.07, 6.45) is 0. The van der Waals surface area contributed by atoms with Gasteiger partial charge in [0, 0.05) is 13.6 Å². The summed E-state index contributed by atoms with van der Waals surface area (Å²) in [6, 6.07) is 0. The lowest BCUT2D eigenvalue weighted by molar-refractivity contribution is -0.127. The van der Waals surface area contributed by atoms with Crippen LogP contribution in [-0.4, -0.2) is 41.9 Å². The van der Waals surface area contributed by atoms with E-state index in [1.165, 1.54) is 11.5 Å². The number of hydrogen-bond donors (Lipinski definition) is 2. The largest absolute Gasteiger partial charge is 0.487 e. The van der Waals surface area contributed by atoms with Crippen LogP contribution in [0.4, 0.5) is 10.8 Å². The van der Waals surface area contributed by atoms with E-state index < -0.39 is 0 Å². The second kappa shape index (κ2) is 6.29. The summed E-state index contributed by atoms with van der Waals surface area (Å²) in [5, 5.41) is 3.69. The van der Waals surface area contributed by atoms with Crippen LogP contribution in [0.25, 0.3) is 0 Å². The predicted octanol–water partition coefficient (Wildman–Crippen LogP) is 1.01. The molecule has 6 nitrogen and oxygen atoms in total. The number of carbonyl (C=O) groups excluding carboxylic acids is 1. The lowest BCUT2D eigenvalue weighted by Crippen LogP contribution is -2.31. The summed E-state index contributed by atoms with van der Waals surface area (Å²) < 4.78 is 9.35. The van der Waals surface area contributed by atoms with Gasteiger partial charge in [-0.25, -0.2) is 0 Å². The molecule has 1 aromatic rings. The minimum Gasteiger partial charge on any atom is -0.487 e. The molecular formula is C10H18N4O2S. The number of anilines is 2. The van der Waals surface area contributed by atoms with Crippen LogP contribution >= 0.6 is 11.5 Å². The first-order chi connectivity index (χ1) is 8.10. The van der Waals surface area contributed by atoms with Crippen LogP contribution in [0.3, 0.4) is 0 Å². The van der Waals surface area contributed by atoms with Crippen LogP contribution in [0.2, 0.25) is 0 Å². The molecular weight excluding hydrogens is 240 g/mol. The third kappa shape index (κ3) is 3.48. The van der Waals surface area contributed by atoms with Gasteiger partial charge in [0.1, 0.15) is 0 Å². The SMILES string of the molecule is CCOc1c(N)nsc1NCC(=O)N(C)CC. The summed E-state index contributed by atoms with van der Waals surface area (Å²) >= 11 is 1.20. The molecule has 0 aliphatic rings. The van der Waals surface area contributed by atoms with Gasteiger partial charge in [-0.05, 0) is 25.4 Å². The van der Waals surface area contributed by atoms with Crippen LogP contribution in [0.15, 0.2) is 0 Å². The summed E-state index contributed by atoms with van der Waals surface area (Å²) in [5.41, 5.74) is 5.66. The Kier molecular flexibility index (Phi) is 5.02. The monoisotopic (exact) mass is 258 g/mol.